The smallest absolute Gasteiger partial charge is 0.331 e. The molecule has 0 saturated carbocycles. The van der Waals surface area contributed by atoms with Gasteiger partial charge in [0.2, 0.25) is 0 Å². The summed E-state index contributed by atoms with van der Waals surface area (Å²) in [5.74, 6) is -0.792. The molecule has 0 amide bonds. The summed E-state index contributed by atoms with van der Waals surface area (Å²) in [7, 11) is 0. The summed E-state index contributed by atoms with van der Waals surface area (Å²) in [5, 5.41) is 9.24. The Labute approximate surface area is 122 Å². The number of carboxylic acid groups (broad SMARTS) is 1. The quantitative estimate of drug-likeness (QED) is 0.464. The van der Waals surface area contributed by atoms with Crippen LogP contribution in [0.4, 0.5) is 0 Å². The number of carboxylic acids is 1. The molecule has 1 N–H and O–H groups in total. The van der Waals surface area contributed by atoms with Gasteiger partial charge < -0.3 is 5.11 Å². The lowest BCUT2D eigenvalue weighted by atomic mass is 10.0. The summed E-state index contributed by atoms with van der Waals surface area (Å²) in [6, 6.07) is 9.67. The third kappa shape index (κ3) is 7.13. The third-order valence-corrected chi connectivity index (χ3v) is 3.46. The highest BCUT2D eigenvalue weighted by molar-refractivity contribution is 5.92. The second kappa shape index (κ2) is 10.2. The number of unbranched alkanes of at least 4 members (excludes halogenated alkanes) is 6. The lowest BCUT2D eigenvalue weighted by molar-refractivity contribution is -0.132. The Kier molecular flexibility index (Phi) is 8.44. The van der Waals surface area contributed by atoms with Crippen LogP contribution in [0, 0.1) is 0 Å². The normalized spacial score (nSPS) is 11.6. The van der Waals surface area contributed by atoms with Crippen molar-refractivity contribution in [1.82, 2.24) is 0 Å². The second-order valence-corrected chi connectivity index (χ2v) is 5.26. The summed E-state index contributed by atoms with van der Waals surface area (Å²) < 4.78 is 0. The highest BCUT2D eigenvalue weighted by Crippen LogP contribution is 2.15. The molecule has 1 aromatic carbocycles. The molecule has 1 aromatic rings. The number of hydrogen-bond donors (Lipinski definition) is 1. The van der Waals surface area contributed by atoms with Crippen molar-refractivity contribution in [2.45, 2.75) is 58.3 Å². The molecule has 0 spiro atoms. The molecule has 0 radical (unpaired) electrons. The van der Waals surface area contributed by atoms with Crippen molar-refractivity contribution in [1.29, 1.82) is 0 Å². The molecule has 0 unspecified atom stereocenters. The molecule has 1 rings (SSSR count). The highest BCUT2D eigenvalue weighted by atomic mass is 16.4. The van der Waals surface area contributed by atoms with Gasteiger partial charge in [-0.25, -0.2) is 4.79 Å². The van der Waals surface area contributed by atoms with Gasteiger partial charge in [0.25, 0.3) is 0 Å². The van der Waals surface area contributed by atoms with Crippen molar-refractivity contribution < 1.29 is 9.90 Å². The fourth-order valence-corrected chi connectivity index (χ4v) is 2.26. The van der Waals surface area contributed by atoms with Gasteiger partial charge >= 0.3 is 5.97 Å². The molecule has 0 aromatic heterocycles. The molecule has 0 aliphatic rings. The van der Waals surface area contributed by atoms with E-state index in [4.69, 9.17) is 0 Å². The maximum atomic E-state index is 11.2. The first-order valence-electron chi connectivity index (χ1n) is 7.73. The van der Waals surface area contributed by atoms with Crippen LogP contribution in [-0.2, 0) is 4.79 Å². The lowest BCUT2D eigenvalue weighted by Crippen LogP contribution is -2.00. The zero-order valence-corrected chi connectivity index (χ0v) is 12.5. The molecule has 0 aliphatic carbocycles. The van der Waals surface area contributed by atoms with Gasteiger partial charge in [-0.05, 0) is 24.5 Å². The van der Waals surface area contributed by atoms with Gasteiger partial charge in [-0.1, -0.05) is 75.8 Å². The first-order chi connectivity index (χ1) is 9.74. The van der Waals surface area contributed by atoms with Crippen LogP contribution < -0.4 is 0 Å². The Balaban J connectivity index is 2.34. The molecule has 20 heavy (non-hydrogen) atoms. The number of aliphatic carboxylic acids is 1. The second-order valence-electron chi connectivity index (χ2n) is 5.26. The zero-order chi connectivity index (χ0) is 14.6. The van der Waals surface area contributed by atoms with E-state index in [1.165, 1.54) is 32.1 Å². The van der Waals surface area contributed by atoms with Crippen molar-refractivity contribution in [2.24, 2.45) is 0 Å². The molecule has 0 bridgehead atoms. The minimum Gasteiger partial charge on any atom is -0.478 e. The number of carbonyl (C=O) groups is 1. The predicted octanol–water partition coefficient (Wildman–Crippen LogP) is 5.30. The fourth-order valence-electron chi connectivity index (χ4n) is 2.26. The first kappa shape index (κ1) is 16.5. The molecule has 0 aliphatic heterocycles. The fraction of sp³-hybridized carbons (Fsp3) is 0.500. The van der Waals surface area contributed by atoms with Crippen LogP contribution in [0.1, 0.15) is 63.9 Å². The van der Waals surface area contributed by atoms with Crippen LogP contribution in [0.25, 0.3) is 6.08 Å². The minimum atomic E-state index is -0.792. The van der Waals surface area contributed by atoms with Gasteiger partial charge in [0.1, 0.15) is 0 Å². The monoisotopic (exact) mass is 274 g/mol. The Morgan fingerprint density at radius 2 is 1.60 bits per heavy atom. The molecule has 0 fully saturated rings. The molecular weight excluding hydrogens is 248 g/mol. The Hall–Kier alpha value is -1.57. The first-order valence-corrected chi connectivity index (χ1v) is 7.73. The molecule has 2 nitrogen and oxygen atoms in total. The van der Waals surface area contributed by atoms with E-state index < -0.39 is 5.97 Å². The summed E-state index contributed by atoms with van der Waals surface area (Å²) in [6.07, 6.45) is 10.9. The van der Waals surface area contributed by atoms with Crippen LogP contribution in [-0.4, -0.2) is 11.1 Å². The highest BCUT2D eigenvalue weighted by Gasteiger charge is 2.06. The number of benzene rings is 1. The lowest BCUT2D eigenvalue weighted by Gasteiger charge is -2.04. The third-order valence-electron chi connectivity index (χ3n) is 3.46. The molecule has 110 valence electrons. The summed E-state index contributed by atoms with van der Waals surface area (Å²) in [6.45, 7) is 2.22. The summed E-state index contributed by atoms with van der Waals surface area (Å²) in [4.78, 5) is 11.2. The van der Waals surface area contributed by atoms with Gasteiger partial charge in [-0.3, -0.25) is 0 Å². The van der Waals surface area contributed by atoms with Crippen LogP contribution in [0.5, 0.6) is 0 Å². The molecule has 0 atom stereocenters. The van der Waals surface area contributed by atoms with Gasteiger partial charge in [0.05, 0.1) is 0 Å². The van der Waals surface area contributed by atoms with E-state index in [-0.39, 0.29) is 0 Å². The van der Waals surface area contributed by atoms with E-state index in [1.807, 2.05) is 30.3 Å². The Bertz CT molecular complexity index is 407. The van der Waals surface area contributed by atoms with Crippen molar-refractivity contribution in [3.8, 4) is 0 Å². The molecular formula is C18H26O2. The molecule has 0 saturated heterocycles. The van der Waals surface area contributed by atoms with Crippen molar-refractivity contribution in [2.75, 3.05) is 0 Å². The minimum absolute atomic E-state index is 0.518. The Morgan fingerprint density at radius 1 is 1.00 bits per heavy atom. The topological polar surface area (TPSA) is 37.3 Å². The van der Waals surface area contributed by atoms with E-state index in [1.54, 1.807) is 6.08 Å². The SMILES string of the molecule is CCCCCCCCCC(=Cc1ccccc1)C(=O)O. The number of hydrogen-bond acceptors (Lipinski definition) is 1. The van der Waals surface area contributed by atoms with Crippen molar-refractivity contribution >= 4 is 12.0 Å². The molecule has 0 heterocycles. The van der Waals surface area contributed by atoms with Crippen LogP contribution in [0.2, 0.25) is 0 Å². The Morgan fingerprint density at radius 3 is 2.20 bits per heavy atom. The van der Waals surface area contributed by atoms with Crippen molar-refractivity contribution in [3.63, 3.8) is 0 Å². The maximum absolute atomic E-state index is 11.2. The van der Waals surface area contributed by atoms with E-state index in [0.717, 1.165) is 18.4 Å². The maximum Gasteiger partial charge on any atom is 0.331 e. The largest absolute Gasteiger partial charge is 0.478 e. The van der Waals surface area contributed by atoms with Crippen LogP contribution in [0.3, 0.4) is 0 Å². The van der Waals surface area contributed by atoms with E-state index in [0.29, 0.717) is 12.0 Å². The van der Waals surface area contributed by atoms with E-state index in [2.05, 4.69) is 6.92 Å². The predicted molar refractivity (Wildman–Crippen MR) is 84.7 cm³/mol. The van der Waals surface area contributed by atoms with Gasteiger partial charge in [-0.2, -0.15) is 0 Å². The van der Waals surface area contributed by atoms with E-state index in [9.17, 15) is 9.90 Å². The standard InChI is InChI=1S/C18H26O2/c1-2-3-4-5-6-7-11-14-17(18(19)20)15-16-12-9-8-10-13-16/h8-10,12-13,15H,2-7,11,14H2,1H3,(H,19,20). The number of rotatable bonds is 10. The summed E-state index contributed by atoms with van der Waals surface area (Å²) >= 11 is 0. The van der Waals surface area contributed by atoms with Crippen LogP contribution in [0.15, 0.2) is 35.9 Å². The summed E-state index contributed by atoms with van der Waals surface area (Å²) in [5.41, 5.74) is 1.48. The van der Waals surface area contributed by atoms with Gasteiger partial charge in [0, 0.05) is 5.57 Å². The van der Waals surface area contributed by atoms with Crippen LogP contribution >= 0.6 is 0 Å². The average molecular weight is 274 g/mol. The van der Waals surface area contributed by atoms with E-state index >= 15 is 0 Å². The average Bonchev–Trinajstić information content (AvgIpc) is 2.46. The van der Waals surface area contributed by atoms with Gasteiger partial charge in [-0.15, -0.1) is 0 Å². The van der Waals surface area contributed by atoms with Gasteiger partial charge in [0.15, 0.2) is 0 Å². The zero-order valence-electron chi connectivity index (χ0n) is 12.5. The van der Waals surface area contributed by atoms with Crippen molar-refractivity contribution in [3.05, 3.63) is 41.5 Å². The molecule has 2 heteroatoms.